The van der Waals surface area contributed by atoms with Crippen molar-refractivity contribution in [2.75, 3.05) is 26.1 Å². The van der Waals surface area contributed by atoms with Crippen LogP contribution in [0.25, 0.3) is 0 Å². The molecule has 24 heavy (non-hydrogen) atoms. The minimum absolute atomic E-state index is 0.0845. The number of anilines is 1. The van der Waals surface area contributed by atoms with Crippen LogP contribution >= 0.6 is 0 Å². The molecule has 6 nitrogen and oxygen atoms in total. The summed E-state index contributed by atoms with van der Waals surface area (Å²) in [6.45, 7) is 5.53. The second-order valence-electron chi connectivity index (χ2n) is 5.60. The predicted octanol–water partition coefficient (Wildman–Crippen LogP) is 3.03. The van der Waals surface area contributed by atoms with E-state index in [-0.39, 0.29) is 12.3 Å². The van der Waals surface area contributed by atoms with Crippen LogP contribution < -0.4 is 10.1 Å². The fraction of sp³-hybridized carbons (Fsp3) is 0.333. The van der Waals surface area contributed by atoms with E-state index in [0.717, 1.165) is 11.3 Å². The molecule has 0 aliphatic carbocycles. The number of benzene rings is 1. The smallest absolute Gasteiger partial charge is 0.339 e. The van der Waals surface area contributed by atoms with Crippen LogP contribution in [0.5, 0.6) is 5.75 Å². The van der Waals surface area contributed by atoms with Crippen molar-refractivity contribution in [3.63, 3.8) is 0 Å². The SMILES string of the molecule is COC(=O)c1c(C)[nH]c(C(=O)CNc2cc(C)ccc2OC)c1C. The molecule has 6 heteroatoms. The molecule has 0 saturated heterocycles. The summed E-state index contributed by atoms with van der Waals surface area (Å²) in [6.07, 6.45) is 0. The lowest BCUT2D eigenvalue weighted by Gasteiger charge is -2.11. The summed E-state index contributed by atoms with van der Waals surface area (Å²) in [4.78, 5) is 27.3. The molecule has 0 unspecified atom stereocenters. The number of aryl methyl sites for hydroxylation is 2. The molecule has 0 amide bonds. The van der Waals surface area contributed by atoms with Crippen molar-refractivity contribution < 1.29 is 19.1 Å². The van der Waals surface area contributed by atoms with E-state index in [0.29, 0.717) is 28.3 Å². The first-order valence-electron chi connectivity index (χ1n) is 7.58. The lowest BCUT2D eigenvalue weighted by atomic mass is 10.1. The summed E-state index contributed by atoms with van der Waals surface area (Å²) in [7, 11) is 2.90. The molecule has 0 atom stereocenters. The summed E-state index contributed by atoms with van der Waals surface area (Å²) < 4.78 is 10.0. The highest BCUT2D eigenvalue weighted by molar-refractivity contribution is 6.03. The van der Waals surface area contributed by atoms with E-state index in [9.17, 15) is 9.59 Å². The summed E-state index contributed by atoms with van der Waals surface area (Å²) >= 11 is 0. The van der Waals surface area contributed by atoms with Gasteiger partial charge in [-0.3, -0.25) is 4.79 Å². The second kappa shape index (κ2) is 7.21. The number of H-pyrrole nitrogens is 1. The van der Waals surface area contributed by atoms with Crippen molar-refractivity contribution in [1.82, 2.24) is 4.98 Å². The first kappa shape index (κ1) is 17.6. The van der Waals surface area contributed by atoms with Gasteiger partial charge in [-0.2, -0.15) is 0 Å². The van der Waals surface area contributed by atoms with Crippen molar-refractivity contribution in [3.05, 3.63) is 46.3 Å². The first-order chi connectivity index (χ1) is 11.4. The number of esters is 1. The Kier molecular flexibility index (Phi) is 5.28. The summed E-state index contributed by atoms with van der Waals surface area (Å²) in [6, 6.07) is 5.70. The molecule has 0 aliphatic heterocycles. The number of hydrogen-bond acceptors (Lipinski definition) is 5. The molecular weight excluding hydrogens is 308 g/mol. The van der Waals surface area contributed by atoms with Crippen molar-refractivity contribution in [3.8, 4) is 5.75 Å². The van der Waals surface area contributed by atoms with Gasteiger partial charge in [-0.25, -0.2) is 4.79 Å². The maximum absolute atomic E-state index is 12.5. The van der Waals surface area contributed by atoms with Crippen LogP contribution in [0.1, 0.15) is 37.7 Å². The van der Waals surface area contributed by atoms with Gasteiger partial charge in [-0.1, -0.05) is 6.07 Å². The van der Waals surface area contributed by atoms with Gasteiger partial charge in [0, 0.05) is 5.69 Å². The van der Waals surface area contributed by atoms with Crippen LogP contribution in [-0.4, -0.2) is 37.5 Å². The number of Topliss-reactive ketones (excluding diaryl/α,β-unsaturated/α-hetero) is 1. The number of carbonyl (C=O) groups is 2. The van der Waals surface area contributed by atoms with Crippen molar-refractivity contribution in [2.24, 2.45) is 0 Å². The number of rotatable bonds is 6. The van der Waals surface area contributed by atoms with Gasteiger partial charge in [0.25, 0.3) is 0 Å². The van der Waals surface area contributed by atoms with Gasteiger partial charge < -0.3 is 19.8 Å². The number of carbonyl (C=O) groups excluding carboxylic acids is 2. The standard InChI is InChI=1S/C18H22N2O4/c1-10-6-7-15(23-4)13(8-10)19-9-14(21)17-11(2)16(12(3)20-17)18(22)24-5/h6-8,19-20H,9H2,1-5H3. The van der Waals surface area contributed by atoms with E-state index in [1.165, 1.54) is 7.11 Å². The number of methoxy groups -OCH3 is 2. The predicted molar refractivity (Wildman–Crippen MR) is 92.2 cm³/mol. The van der Waals surface area contributed by atoms with Gasteiger partial charge in [0.1, 0.15) is 5.75 Å². The highest BCUT2D eigenvalue weighted by Gasteiger charge is 2.22. The molecule has 2 N–H and O–H groups in total. The Hall–Kier alpha value is -2.76. The largest absolute Gasteiger partial charge is 0.495 e. The molecule has 2 rings (SSSR count). The molecule has 0 bridgehead atoms. The summed E-state index contributed by atoms with van der Waals surface area (Å²) in [5.74, 6) is 0.0750. The lowest BCUT2D eigenvalue weighted by Crippen LogP contribution is -2.16. The lowest BCUT2D eigenvalue weighted by molar-refractivity contribution is 0.0599. The zero-order valence-electron chi connectivity index (χ0n) is 14.6. The van der Waals surface area contributed by atoms with Gasteiger partial charge in [-0.05, 0) is 44.0 Å². The Morgan fingerprint density at radius 2 is 1.88 bits per heavy atom. The van der Waals surface area contributed by atoms with Crippen LogP contribution in [-0.2, 0) is 4.74 Å². The fourth-order valence-corrected chi connectivity index (χ4v) is 2.66. The van der Waals surface area contributed by atoms with Gasteiger partial charge in [0.05, 0.1) is 37.7 Å². The van der Waals surface area contributed by atoms with Gasteiger partial charge >= 0.3 is 5.97 Å². The van der Waals surface area contributed by atoms with E-state index < -0.39 is 5.97 Å². The molecule has 2 aromatic rings. The maximum Gasteiger partial charge on any atom is 0.339 e. The van der Waals surface area contributed by atoms with Gasteiger partial charge in [-0.15, -0.1) is 0 Å². The van der Waals surface area contributed by atoms with Gasteiger partial charge in [0.15, 0.2) is 5.78 Å². The number of aromatic nitrogens is 1. The Labute approximate surface area is 141 Å². The molecule has 1 aromatic carbocycles. The maximum atomic E-state index is 12.5. The average molecular weight is 330 g/mol. The Bertz CT molecular complexity index is 778. The first-order valence-corrected chi connectivity index (χ1v) is 7.58. The van der Waals surface area contributed by atoms with E-state index in [1.54, 1.807) is 21.0 Å². The Morgan fingerprint density at radius 1 is 1.17 bits per heavy atom. The number of nitrogens with one attached hydrogen (secondary N) is 2. The Balaban J connectivity index is 2.20. The fourth-order valence-electron chi connectivity index (χ4n) is 2.66. The number of ketones is 1. The minimum atomic E-state index is -0.450. The minimum Gasteiger partial charge on any atom is -0.495 e. The van der Waals surface area contributed by atoms with Crippen molar-refractivity contribution in [1.29, 1.82) is 0 Å². The zero-order chi connectivity index (χ0) is 17.9. The third-order valence-electron chi connectivity index (χ3n) is 3.90. The van der Waals surface area contributed by atoms with Crippen LogP contribution in [0.2, 0.25) is 0 Å². The number of ether oxygens (including phenoxy) is 2. The normalized spacial score (nSPS) is 10.4. The van der Waals surface area contributed by atoms with E-state index in [2.05, 4.69) is 10.3 Å². The zero-order valence-corrected chi connectivity index (χ0v) is 14.6. The molecule has 0 fully saturated rings. The van der Waals surface area contributed by atoms with Crippen LogP contribution in [0.15, 0.2) is 18.2 Å². The van der Waals surface area contributed by atoms with Crippen molar-refractivity contribution in [2.45, 2.75) is 20.8 Å². The third kappa shape index (κ3) is 3.42. The van der Waals surface area contributed by atoms with Crippen LogP contribution in [0, 0.1) is 20.8 Å². The monoisotopic (exact) mass is 330 g/mol. The summed E-state index contributed by atoms with van der Waals surface area (Å²) in [5, 5.41) is 3.09. The molecular formula is C18H22N2O4. The third-order valence-corrected chi connectivity index (χ3v) is 3.90. The summed E-state index contributed by atoms with van der Waals surface area (Å²) in [5.41, 5.74) is 3.85. The van der Waals surface area contributed by atoms with E-state index in [4.69, 9.17) is 9.47 Å². The van der Waals surface area contributed by atoms with Gasteiger partial charge in [0.2, 0.25) is 0 Å². The molecule has 0 aliphatic rings. The average Bonchev–Trinajstić information content (AvgIpc) is 2.86. The highest BCUT2D eigenvalue weighted by Crippen LogP contribution is 2.25. The van der Waals surface area contributed by atoms with Crippen molar-refractivity contribution >= 4 is 17.4 Å². The topological polar surface area (TPSA) is 80.4 Å². The van der Waals surface area contributed by atoms with E-state index >= 15 is 0 Å². The second-order valence-corrected chi connectivity index (χ2v) is 5.60. The van der Waals surface area contributed by atoms with Crippen LogP contribution in [0.4, 0.5) is 5.69 Å². The molecule has 0 spiro atoms. The Morgan fingerprint density at radius 3 is 2.50 bits per heavy atom. The number of hydrogen-bond donors (Lipinski definition) is 2. The van der Waals surface area contributed by atoms with Crippen LogP contribution in [0.3, 0.4) is 0 Å². The number of aromatic amines is 1. The van der Waals surface area contributed by atoms with E-state index in [1.807, 2.05) is 25.1 Å². The molecule has 1 aromatic heterocycles. The molecule has 0 saturated carbocycles. The molecule has 128 valence electrons. The quantitative estimate of drug-likeness (QED) is 0.628. The molecule has 0 radical (unpaired) electrons. The molecule has 1 heterocycles. The highest BCUT2D eigenvalue weighted by atomic mass is 16.5.